The summed E-state index contributed by atoms with van der Waals surface area (Å²) in [6.45, 7) is 2.46. The second kappa shape index (κ2) is 9.37. The molecule has 8 heteroatoms. The molecule has 1 fully saturated rings. The van der Waals surface area contributed by atoms with E-state index in [1.54, 1.807) is 31.1 Å². The number of thioether (sulfide) groups is 1. The number of carbonyl (C=O) groups is 2. The van der Waals surface area contributed by atoms with Gasteiger partial charge >= 0.3 is 5.97 Å². The molecule has 0 unspecified atom stereocenters. The summed E-state index contributed by atoms with van der Waals surface area (Å²) in [5.41, 5.74) is 2.94. The molecule has 1 amide bonds. The molecule has 2 aromatic rings. The molecule has 0 saturated carbocycles. The van der Waals surface area contributed by atoms with E-state index in [2.05, 4.69) is 6.07 Å². The number of esters is 1. The highest BCUT2D eigenvalue weighted by molar-refractivity contribution is 8.03. The summed E-state index contributed by atoms with van der Waals surface area (Å²) >= 11 is 1.48. The zero-order valence-corrected chi connectivity index (χ0v) is 18.7. The van der Waals surface area contributed by atoms with Gasteiger partial charge in [0.25, 0.3) is 0 Å². The minimum absolute atomic E-state index is 0.0137. The molecular weight excluding hydrogens is 426 g/mol. The molecule has 32 heavy (non-hydrogen) atoms. The van der Waals surface area contributed by atoms with E-state index in [0.717, 1.165) is 22.0 Å². The number of nitrogens with zero attached hydrogens (tertiary/aromatic N) is 3. The van der Waals surface area contributed by atoms with Crippen molar-refractivity contribution >= 4 is 29.3 Å². The lowest BCUT2D eigenvalue weighted by atomic mass is 9.86. The molecule has 1 atom stereocenters. The van der Waals surface area contributed by atoms with Crippen molar-refractivity contribution in [3.05, 3.63) is 70.3 Å². The van der Waals surface area contributed by atoms with Crippen LogP contribution in [0.1, 0.15) is 35.2 Å². The predicted octanol–water partition coefficient (Wildman–Crippen LogP) is 4.09. The predicted molar refractivity (Wildman–Crippen MR) is 122 cm³/mol. The zero-order valence-electron chi connectivity index (χ0n) is 17.9. The minimum Gasteiger partial charge on any atom is -0.497 e. The van der Waals surface area contributed by atoms with Crippen molar-refractivity contribution in [1.82, 2.24) is 4.90 Å². The van der Waals surface area contributed by atoms with Crippen LogP contribution in [0.3, 0.4) is 0 Å². The van der Waals surface area contributed by atoms with Crippen LogP contribution in [0.2, 0.25) is 0 Å². The average Bonchev–Trinajstić information content (AvgIpc) is 2.84. The fourth-order valence-electron chi connectivity index (χ4n) is 3.87. The number of carbonyl (C=O) groups excluding carboxylic acids is 2. The minimum atomic E-state index is -0.355. The number of amides is 1. The van der Waals surface area contributed by atoms with Crippen LogP contribution in [0.4, 0.5) is 5.69 Å². The smallest absolute Gasteiger partial charge is 0.338 e. The maximum atomic E-state index is 13.0. The Morgan fingerprint density at radius 1 is 1.19 bits per heavy atom. The Bertz CT molecular complexity index is 1090. The highest BCUT2D eigenvalue weighted by Crippen LogP contribution is 2.43. The zero-order chi connectivity index (χ0) is 22.7. The Balaban J connectivity index is 1.56. The van der Waals surface area contributed by atoms with Gasteiger partial charge in [-0.15, -0.1) is 0 Å². The van der Waals surface area contributed by atoms with Crippen molar-refractivity contribution in [2.24, 2.45) is 0 Å². The maximum Gasteiger partial charge on any atom is 0.338 e. The Morgan fingerprint density at radius 2 is 1.91 bits per heavy atom. The molecule has 0 bridgehead atoms. The highest BCUT2D eigenvalue weighted by Gasteiger charge is 2.38. The van der Waals surface area contributed by atoms with E-state index < -0.39 is 0 Å². The van der Waals surface area contributed by atoms with Gasteiger partial charge in [-0.1, -0.05) is 23.9 Å². The first-order valence-electron chi connectivity index (χ1n) is 10.3. The van der Waals surface area contributed by atoms with Crippen molar-refractivity contribution in [2.45, 2.75) is 19.3 Å². The number of nitriles is 1. The second-order valence-electron chi connectivity index (χ2n) is 7.40. The average molecular weight is 450 g/mol. The molecule has 0 spiro atoms. The number of methoxy groups -OCH3 is 1. The van der Waals surface area contributed by atoms with E-state index in [1.807, 2.05) is 41.3 Å². The van der Waals surface area contributed by atoms with E-state index in [9.17, 15) is 14.9 Å². The normalized spacial score (nSPS) is 18.2. The molecule has 1 saturated heterocycles. The molecule has 0 N–H and O–H groups in total. The monoisotopic (exact) mass is 449 g/mol. The highest BCUT2D eigenvalue weighted by atomic mass is 32.2. The van der Waals surface area contributed by atoms with Gasteiger partial charge in [0, 0.05) is 18.0 Å². The van der Waals surface area contributed by atoms with Gasteiger partial charge in [0.1, 0.15) is 5.75 Å². The summed E-state index contributed by atoms with van der Waals surface area (Å²) in [5.74, 6) is 0.707. The van der Waals surface area contributed by atoms with Gasteiger partial charge in [0.05, 0.1) is 48.5 Å². The van der Waals surface area contributed by atoms with Crippen LogP contribution in [-0.2, 0) is 9.53 Å². The van der Waals surface area contributed by atoms with Gasteiger partial charge < -0.3 is 14.4 Å². The van der Waals surface area contributed by atoms with E-state index in [-0.39, 0.29) is 24.2 Å². The van der Waals surface area contributed by atoms with Crippen LogP contribution in [0, 0.1) is 11.3 Å². The van der Waals surface area contributed by atoms with Gasteiger partial charge in [-0.3, -0.25) is 9.69 Å². The lowest BCUT2D eigenvalue weighted by Gasteiger charge is -2.42. The second-order valence-corrected chi connectivity index (χ2v) is 8.34. The van der Waals surface area contributed by atoms with Crippen LogP contribution < -0.4 is 9.64 Å². The number of rotatable bonds is 5. The maximum absolute atomic E-state index is 13.0. The lowest BCUT2D eigenvalue weighted by Crippen LogP contribution is -2.47. The SMILES string of the molecule is CCOC(=O)c1ccc(N2CSC3=C(C#N)[C@@H](c4ccc(OC)cc4)CC(=O)N3C2)cc1. The summed E-state index contributed by atoms with van der Waals surface area (Å²) < 4.78 is 10.2. The van der Waals surface area contributed by atoms with E-state index >= 15 is 0 Å². The Labute approximate surface area is 191 Å². The molecule has 4 rings (SSSR count). The molecule has 164 valence electrons. The number of hydrogen-bond donors (Lipinski definition) is 0. The third-order valence-electron chi connectivity index (χ3n) is 5.56. The van der Waals surface area contributed by atoms with E-state index in [0.29, 0.717) is 30.3 Å². The van der Waals surface area contributed by atoms with Crippen LogP contribution in [0.25, 0.3) is 0 Å². The Morgan fingerprint density at radius 3 is 2.53 bits per heavy atom. The number of allylic oxidation sites excluding steroid dienone is 1. The molecule has 0 aromatic heterocycles. The first kappa shape index (κ1) is 21.8. The van der Waals surface area contributed by atoms with Crippen molar-refractivity contribution < 1.29 is 19.1 Å². The van der Waals surface area contributed by atoms with Crippen LogP contribution in [0.5, 0.6) is 5.75 Å². The first-order chi connectivity index (χ1) is 15.5. The summed E-state index contributed by atoms with van der Waals surface area (Å²) in [6, 6.07) is 17.0. The van der Waals surface area contributed by atoms with Gasteiger partial charge in [0.2, 0.25) is 5.91 Å². The fourth-order valence-corrected chi connectivity index (χ4v) is 5.04. The van der Waals surface area contributed by atoms with Crippen LogP contribution in [0.15, 0.2) is 59.1 Å². The fraction of sp³-hybridized carbons (Fsp3) is 0.292. The van der Waals surface area contributed by atoms with Crippen molar-refractivity contribution in [3.63, 3.8) is 0 Å². The Hall–Kier alpha value is -3.44. The molecular formula is C24H23N3O4S. The largest absolute Gasteiger partial charge is 0.497 e. The van der Waals surface area contributed by atoms with Crippen molar-refractivity contribution in [2.75, 3.05) is 31.2 Å². The third kappa shape index (κ3) is 4.16. The van der Waals surface area contributed by atoms with Crippen LogP contribution >= 0.6 is 11.8 Å². The topological polar surface area (TPSA) is 82.9 Å². The van der Waals surface area contributed by atoms with E-state index in [1.165, 1.54) is 11.8 Å². The first-order valence-corrected chi connectivity index (χ1v) is 11.3. The number of ether oxygens (including phenoxy) is 2. The molecule has 0 radical (unpaired) electrons. The quantitative estimate of drug-likeness (QED) is 0.636. The molecule has 2 aliphatic heterocycles. The van der Waals surface area contributed by atoms with Gasteiger partial charge in [-0.25, -0.2) is 4.79 Å². The van der Waals surface area contributed by atoms with Gasteiger partial charge in [-0.2, -0.15) is 5.26 Å². The number of anilines is 1. The van der Waals surface area contributed by atoms with Crippen LogP contribution in [-0.4, -0.2) is 43.0 Å². The van der Waals surface area contributed by atoms with Crippen molar-refractivity contribution in [1.29, 1.82) is 5.26 Å². The summed E-state index contributed by atoms with van der Waals surface area (Å²) in [7, 11) is 1.61. The summed E-state index contributed by atoms with van der Waals surface area (Å²) in [5, 5.41) is 10.6. The summed E-state index contributed by atoms with van der Waals surface area (Å²) in [6.07, 6.45) is 0.245. The number of benzene rings is 2. The van der Waals surface area contributed by atoms with Gasteiger partial charge in [-0.05, 0) is 48.9 Å². The van der Waals surface area contributed by atoms with Gasteiger partial charge in [0.15, 0.2) is 0 Å². The van der Waals surface area contributed by atoms with E-state index in [4.69, 9.17) is 9.47 Å². The molecule has 2 aliphatic rings. The number of hydrogen-bond acceptors (Lipinski definition) is 7. The molecule has 7 nitrogen and oxygen atoms in total. The molecule has 0 aliphatic carbocycles. The number of fused-ring (bicyclic) bond motifs is 1. The Kier molecular flexibility index (Phi) is 6.37. The third-order valence-corrected chi connectivity index (χ3v) is 6.71. The lowest BCUT2D eigenvalue weighted by molar-refractivity contribution is -0.129. The molecule has 2 aromatic carbocycles. The standard InChI is InChI=1S/C24H23N3O4S/c1-3-31-24(29)17-4-8-18(9-5-17)26-14-27-22(28)12-20(21(13-25)23(27)32-15-26)16-6-10-19(30-2)11-7-16/h4-11,20H,3,12,14-15H2,1-2H3/t20-/m1/s1. The summed E-state index contributed by atoms with van der Waals surface area (Å²) in [4.78, 5) is 28.7. The molecule has 2 heterocycles. The van der Waals surface area contributed by atoms with Crippen molar-refractivity contribution in [3.8, 4) is 11.8 Å².